The van der Waals surface area contributed by atoms with Gasteiger partial charge in [-0.3, -0.25) is 4.79 Å². The molecule has 0 aliphatic rings. The number of H-pyrrole nitrogens is 1. The summed E-state index contributed by atoms with van der Waals surface area (Å²) in [6.07, 6.45) is 0. The molecule has 0 radical (unpaired) electrons. The predicted molar refractivity (Wildman–Crippen MR) is 153 cm³/mol. The number of fused-ring (bicyclic) bond motifs is 2. The molecule has 0 saturated carbocycles. The Morgan fingerprint density at radius 3 is 2.51 bits per heavy atom. The maximum Gasteiger partial charge on any atom is 0.261 e. The van der Waals surface area contributed by atoms with Gasteiger partial charge in [-0.05, 0) is 85.6 Å². The third-order valence-corrected chi connectivity index (χ3v) is 6.73. The highest BCUT2D eigenvalue weighted by molar-refractivity contribution is 6.05. The Bertz CT molecular complexity index is 1880. The first-order valence-corrected chi connectivity index (χ1v) is 12.6. The molecule has 0 saturated heterocycles. The zero-order valence-corrected chi connectivity index (χ0v) is 21.8. The summed E-state index contributed by atoms with van der Waals surface area (Å²) in [5.41, 5.74) is 7.44. The van der Waals surface area contributed by atoms with Crippen LogP contribution < -0.4 is 15.6 Å². The molecule has 7 heteroatoms. The third kappa shape index (κ3) is 4.78. The predicted octanol–water partition coefficient (Wildman–Crippen LogP) is 7.09. The fraction of sp³-hybridized carbons (Fsp3) is 0.0938. The minimum absolute atomic E-state index is 0.201. The van der Waals surface area contributed by atoms with Gasteiger partial charge < -0.3 is 19.5 Å². The Kier molecular flexibility index (Phi) is 6.17. The molecule has 0 unspecified atom stereocenters. The summed E-state index contributed by atoms with van der Waals surface area (Å²) < 4.78 is 11.7. The maximum absolute atomic E-state index is 13.5. The zero-order chi connectivity index (χ0) is 26.9. The lowest BCUT2D eigenvalue weighted by Gasteiger charge is -2.09. The van der Waals surface area contributed by atoms with E-state index >= 15 is 0 Å². The van der Waals surface area contributed by atoms with Crippen molar-refractivity contribution < 1.29 is 13.9 Å². The molecular formula is C32H26N4O3. The van der Waals surface area contributed by atoms with Crippen molar-refractivity contribution in [3.8, 4) is 17.1 Å². The highest BCUT2D eigenvalue weighted by Gasteiger charge is 2.16. The van der Waals surface area contributed by atoms with Crippen LogP contribution in [0.25, 0.3) is 33.4 Å². The number of imidazole rings is 1. The number of aromatic amines is 1. The highest BCUT2D eigenvalue weighted by Crippen LogP contribution is 2.26. The summed E-state index contributed by atoms with van der Waals surface area (Å²) in [6.45, 7) is 4.07. The van der Waals surface area contributed by atoms with Gasteiger partial charge >= 0.3 is 0 Å². The van der Waals surface area contributed by atoms with Crippen LogP contribution in [0.2, 0.25) is 0 Å². The van der Waals surface area contributed by atoms with Crippen LogP contribution in [0, 0.1) is 13.8 Å². The van der Waals surface area contributed by atoms with E-state index in [4.69, 9.17) is 14.1 Å². The average molecular weight is 515 g/mol. The Morgan fingerprint density at radius 1 is 0.923 bits per heavy atom. The molecule has 2 N–H and O–H groups in total. The average Bonchev–Trinajstić information content (AvgIpc) is 3.39. The Morgan fingerprint density at radius 2 is 1.74 bits per heavy atom. The first kappa shape index (κ1) is 24.2. The molecule has 6 rings (SSSR count). The molecular weight excluding hydrogens is 488 g/mol. The van der Waals surface area contributed by atoms with Gasteiger partial charge in [-0.2, -0.15) is 0 Å². The number of hydrogen-bond acceptors (Lipinski definition) is 5. The number of carbonyl (C=O) groups is 1. The van der Waals surface area contributed by atoms with Crippen LogP contribution in [0.4, 0.5) is 11.4 Å². The molecule has 1 amide bonds. The summed E-state index contributed by atoms with van der Waals surface area (Å²) in [5.74, 6) is 1.01. The highest BCUT2D eigenvalue weighted by atomic mass is 16.5. The van der Waals surface area contributed by atoms with Crippen LogP contribution in [0.5, 0.6) is 5.75 Å². The molecule has 2 heterocycles. The molecule has 39 heavy (non-hydrogen) atoms. The number of ether oxygens (including phenoxy) is 1. The van der Waals surface area contributed by atoms with E-state index in [-0.39, 0.29) is 11.5 Å². The maximum atomic E-state index is 13.5. The molecule has 0 aliphatic heterocycles. The number of nitrogens with zero attached hydrogens (tertiary/aromatic N) is 2. The minimum atomic E-state index is -0.331. The van der Waals surface area contributed by atoms with Gasteiger partial charge in [-0.1, -0.05) is 30.3 Å². The second-order valence-electron chi connectivity index (χ2n) is 9.36. The van der Waals surface area contributed by atoms with E-state index in [9.17, 15) is 4.79 Å². The van der Waals surface area contributed by atoms with Crippen molar-refractivity contribution in [2.45, 2.75) is 13.8 Å². The number of carbonyl (C=O) groups excluding carboxylic acids is 1. The molecule has 0 aliphatic carbocycles. The first-order chi connectivity index (χ1) is 19.0. The van der Waals surface area contributed by atoms with Crippen molar-refractivity contribution in [2.75, 3.05) is 12.4 Å². The van der Waals surface area contributed by atoms with Gasteiger partial charge in [0, 0.05) is 16.6 Å². The standard InChI is InChI=1S/C32H26N4O3/c1-19-11-14-24(17-20(19)2)34-32-25(18-22-7-6-10-28(38-3)29(22)39-32)31(37)33-23-15-12-21(13-16-23)30-35-26-8-4-5-9-27(26)36-30/h4-18H,1-3H3,(H,33,37)(H,35,36). The molecule has 192 valence electrons. The lowest BCUT2D eigenvalue weighted by Crippen LogP contribution is -2.21. The summed E-state index contributed by atoms with van der Waals surface area (Å²) in [6, 6.07) is 28.6. The zero-order valence-electron chi connectivity index (χ0n) is 21.8. The molecule has 4 aromatic carbocycles. The number of nitrogens with one attached hydrogen (secondary N) is 2. The largest absolute Gasteiger partial charge is 0.493 e. The van der Waals surface area contributed by atoms with E-state index in [1.807, 2.05) is 98.8 Å². The van der Waals surface area contributed by atoms with Crippen molar-refractivity contribution in [3.05, 3.63) is 113 Å². The molecule has 0 bridgehead atoms. The van der Waals surface area contributed by atoms with Crippen molar-refractivity contribution >= 4 is 39.3 Å². The Labute approximate surface area is 224 Å². The number of methoxy groups -OCH3 is 1. The molecule has 0 spiro atoms. The molecule has 0 fully saturated rings. The molecule has 0 atom stereocenters. The van der Waals surface area contributed by atoms with E-state index < -0.39 is 0 Å². The summed E-state index contributed by atoms with van der Waals surface area (Å²) >= 11 is 0. The molecule has 2 aromatic heterocycles. The van der Waals surface area contributed by atoms with E-state index in [2.05, 4.69) is 15.3 Å². The van der Waals surface area contributed by atoms with Gasteiger partial charge in [0.05, 0.1) is 23.8 Å². The topological polar surface area (TPSA) is 92.5 Å². The fourth-order valence-electron chi connectivity index (χ4n) is 4.44. The fourth-order valence-corrected chi connectivity index (χ4v) is 4.44. The number of rotatable bonds is 5. The SMILES string of the molecule is COc1cccc2cc(C(=O)Nc3ccc(-c4nc5ccccc5[nH]4)cc3)c(=Nc3ccc(C)c(C)c3)oc12. The second-order valence-corrected chi connectivity index (χ2v) is 9.36. The van der Waals surface area contributed by atoms with Crippen LogP contribution in [-0.2, 0) is 0 Å². The van der Waals surface area contributed by atoms with Gasteiger partial charge in [-0.25, -0.2) is 9.98 Å². The van der Waals surface area contributed by atoms with Crippen molar-refractivity contribution in [3.63, 3.8) is 0 Å². The van der Waals surface area contributed by atoms with Crippen molar-refractivity contribution in [2.24, 2.45) is 4.99 Å². The number of amides is 1. The third-order valence-electron chi connectivity index (χ3n) is 6.73. The number of hydrogen-bond donors (Lipinski definition) is 2. The van der Waals surface area contributed by atoms with Gasteiger partial charge in [0.2, 0.25) is 5.55 Å². The van der Waals surface area contributed by atoms with Gasteiger partial charge in [0.25, 0.3) is 5.91 Å². The van der Waals surface area contributed by atoms with Gasteiger partial charge in [0.15, 0.2) is 11.3 Å². The Hall–Kier alpha value is -5.17. The van der Waals surface area contributed by atoms with Crippen molar-refractivity contribution in [1.29, 1.82) is 0 Å². The monoisotopic (exact) mass is 514 g/mol. The molecule has 7 nitrogen and oxygen atoms in total. The number of aromatic nitrogens is 2. The van der Waals surface area contributed by atoms with Crippen molar-refractivity contribution in [1.82, 2.24) is 9.97 Å². The quantitative estimate of drug-likeness (QED) is 0.257. The lowest BCUT2D eigenvalue weighted by atomic mass is 10.1. The van der Waals surface area contributed by atoms with Gasteiger partial charge in [0.1, 0.15) is 11.4 Å². The second kappa shape index (κ2) is 9.95. The van der Waals surface area contributed by atoms with E-state index in [0.717, 1.165) is 38.9 Å². The van der Waals surface area contributed by atoms with Crippen LogP contribution >= 0.6 is 0 Å². The summed E-state index contributed by atoms with van der Waals surface area (Å²) in [7, 11) is 1.58. The minimum Gasteiger partial charge on any atom is -0.493 e. The van der Waals surface area contributed by atoms with Gasteiger partial charge in [-0.15, -0.1) is 0 Å². The van der Waals surface area contributed by atoms with Crippen LogP contribution in [0.1, 0.15) is 21.5 Å². The number of benzene rings is 4. The lowest BCUT2D eigenvalue weighted by molar-refractivity contribution is 0.102. The first-order valence-electron chi connectivity index (χ1n) is 12.6. The van der Waals surface area contributed by atoms with Crippen LogP contribution in [0.15, 0.2) is 100 Å². The van der Waals surface area contributed by atoms with E-state index in [1.54, 1.807) is 13.2 Å². The number of aryl methyl sites for hydroxylation is 2. The molecule has 6 aromatic rings. The van der Waals surface area contributed by atoms with E-state index in [1.165, 1.54) is 0 Å². The van der Waals surface area contributed by atoms with Crippen LogP contribution in [0.3, 0.4) is 0 Å². The Balaban J connectivity index is 1.37. The number of para-hydroxylation sites is 3. The summed E-state index contributed by atoms with van der Waals surface area (Å²) in [5, 5.41) is 3.72. The summed E-state index contributed by atoms with van der Waals surface area (Å²) in [4.78, 5) is 26.2. The van der Waals surface area contributed by atoms with E-state index in [0.29, 0.717) is 28.3 Å². The smallest absolute Gasteiger partial charge is 0.261 e. The van der Waals surface area contributed by atoms with Crippen LogP contribution in [-0.4, -0.2) is 23.0 Å². The number of anilines is 1. The normalized spacial score (nSPS) is 11.7.